The van der Waals surface area contributed by atoms with Gasteiger partial charge in [0, 0.05) is 23.7 Å². The third-order valence-corrected chi connectivity index (χ3v) is 4.02. The molecule has 2 aromatic carbocycles. The zero-order valence-electron chi connectivity index (χ0n) is 15.5. The van der Waals surface area contributed by atoms with Crippen LogP contribution in [-0.4, -0.2) is 30.3 Å². The molecule has 1 N–H and O–H groups in total. The second-order valence-electron chi connectivity index (χ2n) is 6.21. The van der Waals surface area contributed by atoms with Crippen molar-refractivity contribution in [3.63, 3.8) is 0 Å². The highest BCUT2D eigenvalue weighted by Gasteiger charge is 2.15. The van der Waals surface area contributed by atoms with E-state index in [-0.39, 0.29) is 18.4 Å². The van der Waals surface area contributed by atoms with E-state index in [1.54, 1.807) is 49.7 Å². The van der Waals surface area contributed by atoms with E-state index in [0.717, 1.165) is 11.1 Å². The molecule has 0 spiro atoms. The van der Waals surface area contributed by atoms with Gasteiger partial charge in [0.15, 0.2) is 0 Å². The summed E-state index contributed by atoms with van der Waals surface area (Å²) in [7, 11) is 1.60. The number of nitrogens with zero attached hydrogens (tertiary/aromatic N) is 1. The predicted octanol–water partition coefficient (Wildman–Crippen LogP) is 3.07. The van der Waals surface area contributed by atoms with Crippen LogP contribution in [0.3, 0.4) is 0 Å². The molecule has 1 aromatic heterocycles. The number of carbonyl (C=O) groups excluding carboxylic acids is 2. The molecular formula is C23H20N2O3. The molecule has 0 unspecified atom stereocenters. The van der Waals surface area contributed by atoms with E-state index < -0.39 is 0 Å². The van der Waals surface area contributed by atoms with Gasteiger partial charge in [0.2, 0.25) is 5.91 Å². The number of hydrogen-bond acceptors (Lipinski definition) is 3. The van der Waals surface area contributed by atoms with Gasteiger partial charge in [-0.15, -0.1) is 0 Å². The van der Waals surface area contributed by atoms with Crippen molar-refractivity contribution in [2.24, 2.45) is 0 Å². The normalized spacial score (nSPS) is 9.89. The van der Waals surface area contributed by atoms with Crippen LogP contribution < -0.4 is 5.32 Å². The highest BCUT2D eigenvalue weighted by atomic mass is 16.3. The minimum Gasteiger partial charge on any atom is -0.467 e. The monoisotopic (exact) mass is 372 g/mol. The van der Waals surface area contributed by atoms with Gasteiger partial charge in [-0.3, -0.25) is 9.59 Å². The van der Waals surface area contributed by atoms with Gasteiger partial charge in [-0.2, -0.15) is 0 Å². The van der Waals surface area contributed by atoms with Gasteiger partial charge in [0.05, 0.1) is 19.4 Å². The molecule has 28 heavy (non-hydrogen) atoms. The molecule has 0 aliphatic rings. The molecule has 0 fully saturated rings. The van der Waals surface area contributed by atoms with Crippen molar-refractivity contribution in [3.05, 3.63) is 95.4 Å². The summed E-state index contributed by atoms with van der Waals surface area (Å²) in [5, 5.41) is 2.72. The van der Waals surface area contributed by atoms with Crippen molar-refractivity contribution in [2.45, 2.75) is 6.54 Å². The van der Waals surface area contributed by atoms with E-state index in [1.165, 1.54) is 4.90 Å². The first-order valence-electron chi connectivity index (χ1n) is 8.83. The van der Waals surface area contributed by atoms with Gasteiger partial charge in [-0.1, -0.05) is 30.0 Å². The molecule has 1 heterocycles. The molecule has 0 radical (unpaired) electrons. The van der Waals surface area contributed by atoms with Crippen molar-refractivity contribution in [3.8, 4) is 11.8 Å². The second kappa shape index (κ2) is 9.24. The first kappa shape index (κ1) is 19.0. The summed E-state index contributed by atoms with van der Waals surface area (Å²) >= 11 is 0. The van der Waals surface area contributed by atoms with E-state index >= 15 is 0 Å². The number of nitrogens with one attached hydrogen (secondary N) is 1. The highest BCUT2D eigenvalue weighted by molar-refractivity contribution is 5.96. The van der Waals surface area contributed by atoms with Crippen LogP contribution in [0.2, 0.25) is 0 Å². The van der Waals surface area contributed by atoms with Crippen LogP contribution in [0.1, 0.15) is 27.2 Å². The molecule has 0 saturated carbocycles. The average Bonchev–Trinajstić information content (AvgIpc) is 3.25. The van der Waals surface area contributed by atoms with E-state index in [4.69, 9.17) is 4.42 Å². The van der Waals surface area contributed by atoms with Crippen LogP contribution in [-0.2, 0) is 11.3 Å². The Hall–Kier alpha value is -3.78. The van der Waals surface area contributed by atoms with Crippen molar-refractivity contribution in [1.82, 2.24) is 10.2 Å². The van der Waals surface area contributed by atoms with Gasteiger partial charge < -0.3 is 14.6 Å². The molecule has 140 valence electrons. The number of carbonyl (C=O) groups is 2. The maximum Gasteiger partial charge on any atom is 0.254 e. The summed E-state index contributed by atoms with van der Waals surface area (Å²) in [6.45, 7) is 0.262. The summed E-state index contributed by atoms with van der Waals surface area (Å²) in [5.41, 5.74) is 2.26. The van der Waals surface area contributed by atoms with E-state index in [0.29, 0.717) is 17.9 Å². The number of rotatable bonds is 5. The Morgan fingerprint density at radius 3 is 2.25 bits per heavy atom. The van der Waals surface area contributed by atoms with E-state index in [1.807, 2.05) is 30.3 Å². The van der Waals surface area contributed by atoms with Crippen LogP contribution in [0.25, 0.3) is 0 Å². The Morgan fingerprint density at radius 2 is 1.61 bits per heavy atom. The van der Waals surface area contributed by atoms with Gasteiger partial charge in [-0.05, 0) is 48.5 Å². The van der Waals surface area contributed by atoms with Gasteiger partial charge >= 0.3 is 0 Å². The standard InChI is InChI=1S/C23H20N2O3/c1-25(17-22(26)24-16-21-8-5-15-28-21)23(27)20-13-11-19(12-14-20)10-9-18-6-3-2-4-7-18/h2-8,11-15H,16-17H2,1H3,(H,24,26). The van der Waals surface area contributed by atoms with Gasteiger partial charge in [-0.25, -0.2) is 0 Å². The third kappa shape index (κ3) is 5.36. The molecule has 0 aliphatic carbocycles. The topological polar surface area (TPSA) is 62.6 Å². The number of hydrogen-bond donors (Lipinski definition) is 1. The fourth-order valence-electron chi connectivity index (χ4n) is 2.52. The number of furan rings is 1. The van der Waals surface area contributed by atoms with Crippen LogP contribution >= 0.6 is 0 Å². The molecule has 0 saturated heterocycles. The Morgan fingerprint density at radius 1 is 0.929 bits per heavy atom. The number of benzene rings is 2. The van der Waals surface area contributed by atoms with Crippen molar-refractivity contribution < 1.29 is 14.0 Å². The Labute approximate surface area is 164 Å². The van der Waals surface area contributed by atoms with Crippen molar-refractivity contribution >= 4 is 11.8 Å². The Kier molecular flexibility index (Phi) is 6.27. The first-order valence-corrected chi connectivity index (χ1v) is 8.83. The summed E-state index contributed by atoms with van der Waals surface area (Å²) in [6.07, 6.45) is 1.55. The predicted molar refractivity (Wildman–Crippen MR) is 106 cm³/mol. The fourth-order valence-corrected chi connectivity index (χ4v) is 2.52. The third-order valence-electron chi connectivity index (χ3n) is 4.02. The van der Waals surface area contributed by atoms with E-state index in [9.17, 15) is 9.59 Å². The van der Waals surface area contributed by atoms with Gasteiger partial charge in [0.1, 0.15) is 5.76 Å². The fraction of sp³-hybridized carbons (Fsp3) is 0.130. The summed E-state index contributed by atoms with van der Waals surface area (Å²) in [4.78, 5) is 25.9. The van der Waals surface area contributed by atoms with Crippen LogP contribution in [0.4, 0.5) is 0 Å². The molecule has 0 bridgehead atoms. The quantitative estimate of drug-likeness (QED) is 0.700. The maximum atomic E-state index is 12.5. The van der Waals surface area contributed by atoms with E-state index in [2.05, 4.69) is 17.2 Å². The highest BCUT2D eigenvalue weighted by Crippen LogP contribution is 2.07. The summed E-state index contributed by atoms with van der Waals surface area (Å²) in [5.74, 6) is 6.33. The molecule has 5 nitrogen and oxygen atoms in total. The lowest BCUT2D eigenvalue weighted by Gasteiger charge is -2.16. The zero-order chi connectivity index (χ0) is 19.8. The Balaban J connectivity index is 1.54. The van der Waals surface area contributed by atoms with Crippen LogP contribution in [0.5, 0.6) is 0 Å². The lowest BCUT2D eigenvalue weighted by Crippen LogP contribution is -2.38. The zero-order valence-corrected chi connectivity index (χ0v) is 15.5. The van der Waals surface area contributed by atoms with Crippen molar-refractivity contribution in [1.29, 1.82) is 0 Å². The molecule has 0 aliphatic heterocycles. The molecule has 3 aromatic rings. The minimum atomic E-state index is -0.252. The number of likely N-dealkylation sites (N-methyl/N-ethyl adjacent to an activating group) is 1. The summed E-state index contributed by atoms with van der Waals surface area (Å²) < 4.78 is 5.16. The molecule has 3 rings (SSSR count). The van der Waals surface area contributed by atoms with Crippen molar-refractivity contribution in [2.75, 3.05) is 13.6 Å². The first-order chi connectivity index (χ1) is 13.6. The average molecular weight is 372 g/mol. The lowest BCUT2D eigenvalue weighted by molar-refractivity contribution is -0.121. The van der Waals surface area contributed by atoms with Gasteiger partial charge in [0.25, 0.3) is 5.91 Å². The smallest absolute Gasteiger partial charge is 0.254 e. The SMILES string of the molecule is CN(CC(=O)NCc1ccco1)C(=O)c1ccc(C#Cc2ccccc2)cc1. The maximum absolute atomic E-state index is 12.5. The summed E-state index contributed by atoms with van der Waals surface area (Å²) in [6, 6.07) is 20.3. The minimum absolute atomic E-state index is 0.0326. The molecular weight excluding hydrogens is 352 g/mol. The van der Waals surface area contributed by atoms with Crippen LogP contribution in [0.15, 0.2) is 77.4 Å². The molecule has 5 heteroatoms. The Bertz CT molecular complexity index is 982. The molecule has 0 atom stereocenters. The molecule has 2 amide bonds. The second-order valence-corrected chi connectivity index (χ2v) is 6.21. The number of amides is 2. The van der Waals surface area contributed by atoms with Crippen LogP contribution in [0, 0.1) is 11.8 Å². The lowest BCUT2D eigenvalue weighted by atomic mass is 10.1. The largest absolute Gasteiger partial charge is 0.467 e.